The number of esters is 1. The van der Waals surface area contributed by atoms with Gasteiger partial charge in [0, 0.05) is 0 Å². The van der Waals surface area contributed by atoms with E-state index in [1.807, 2.05) is 30.3 Å². The zero-order valence-corrected chi connectivity index (χ0v) is 12.0. The summed E-state index contributed by atoms with van der Waals surface area (Å²) in [6.07, 6.45) is 1.37. The summed E-state index contributed by atoms with van der Waals surface area (Å²) in [5.74, 6) is -0.243. The van der Waals surface area contributed by atoms with Crippen molar-refractivity contribution in [3.8, 4) is 0 Å². The third-order valence-corrected chi connectivity index (χ3v) is 3.31. The molecule has 0 aromatic heterocycles. The molecule has 0 fully saturated rings. The van der Waals surface area contributed by atoms with E-state index in [1.165, 1.54) is 7.11 Å². The van der Waals surface area contributed by atoms with Crippen LogP contribution in [0.4, 0.5) is 0 Å². The molecule has 0 aliphatic carbocycles. The largest absolute Gasteiger partial charge is 0.469 e. The van der Waals surface area contributed by atoms with Gasteiger partial charge in [-0.05, 0) is 24.3 Å². The number of carbonyl (C=O) groups is 1. The van der Waals surface area contributed by atoms with E-state index >= 15 is 0 Å². The van der Waals surface area contributed by atoms with Gasteiger partial charge >= 0.3 is 5.97 Å². The fraction of sp³-hybridized carbons (Fsp3) is 0.562. The molecule has 2 atom stereocenters. The van der Waals surface area contributed by atoms with E-state index in [1.54, 1.807) is 0 Å². The summed E-state index contributed by atoms with van der Waals surface area (Å²) in [7, 11) is 1.37. The number of ether oxygens (including phenoxy) is 1. The first-order valence-electron chi connectivity index (χ1n) is 6.84. The molecule has 3 nitrogen and oxygen atoms in total. The van der Waals surface area contributed by atoms with Crippen LogP contribution in [0, 0.1) is 11.8 Å². The number of rotatable bonds is 7. The molecule has 0 saturated carbocycles. The van der Waals surface area contributed by atoms with Crippen molar-refractivity contribution in [1.29, 1.82) is 0 Å². The van der Waals surface area contributed by atoms with E-state index in [0.717, 1.165) is 12.0 Å². The minimum absolute atomic E-state index is 0.316. The number of aliphatic hydroxyl groups excluding tert-OH is 1. The Balaban J connectivity index is 2.65. The van der Waals surface area contributed by atoms with Gasteiger partial charge in [0.15, 0.2) is 0 Å². The highest BCUT2D eigenvalue weighted by atomic mass is 16.5. The van der Waals surface area contributed by atoms with Gasteiger partial charge < -0.3 is 9.84 Å². The van der Waals surface area contributed by atoms with E-state index < -0.39 is 12.0 Å². The maximum absolute atomic E-state index is 11.8. The number of methoxy groups -OCH3 is 1. The molecule has 0 spiro atoms. The van der Waals surface area contributed by atoms with Gasteiger partial charge in [-0.3, -0.25) is 4.79 Å². The molecule has 1 aromatic rings. The quantitative estimate of drug-likeness (QED) is 0.770. The van der Waals surface area contributed by atoms with Crippen LogP contribution < -0.4 is 0 Å². The molecular weight excluding hydrogens is 240 g/mol. The number of aliphatic hydroxyl groups is 1. The Morgan fingerprint density at radius 2 is 1.84 bits per heavy atom. The van der Waals surface area contributed by atoms with Gasteiger partial charge in [0.2, 0.25) is 0 Å². The Hall–Kier alpha value is -1.35. The Morgan fingerprint density at radius 3 is 2.37 bits per heavy atom. The molecule has 0 radical (unpaired) electrons. The highest BCUT2D eigenvalue weighted by Crippen LogP contribution is 2.20. The molecule has 19 heavy (non-hydrogen) atoms. The predicted octanol–water partition coefficient (Wildman–Crippen LogP) is 2.82. The zero-order valence-electron chi connectivity index (χ0n) is 12.0. The molecule has 106 valence electrons. The smallest absolute Gasteiger partial charge is 0.311 e. The number of carbonyl (C=O) groups excluding carboxylic acids is 1. The van der Waals surface area contributed by atoms with Gasteiger partial charge in [0.1, 0.15) is 0 Å². The number of benzene rings is 1. The standard InChI is InChI=1S/C16H24O3/c1-12(2)9-10-14(16(18)19-3)15(17)11-13-7-5-4-6-8-13/h4-8,12,14-15,17H,9-11H2,1-3H3/t14-,15-/m1/s1. The van der Waals surface area contributed by atoms with Crippen LogP contribution in [0.3, 0.4) is 0 Å². The second-order valence-electron chi connectivity index (χ2n) is 5.36. The second-order valence-corrected chi connectivity index (χ2v) is 5.36. The Bertz CT molecular complexity index is 373. The average Bonchev–Trinajstić information content (AvgIpc) is 2.39. The lowest BCUT2D eigenvalue weighted by Crippen LogP contribution is -2.31. The molecule has 0 amide bonds. The van der Waals surface area contributed by atoms with Crippen molar-refractivity contribution in [2.75, 3.05) is 7.11 Å². The van der Waals surface area contributed by atoms with E-state index in [2.05, 4.69) is 13.8 Å². The molecule has 0 aliphatic heterocycles. The van der Waals surface area contributed by atoms with Gasteiger partial charge in [-0.2, -0.15) is 0 Å². The maximum atomic E-state index is 11.8. The van der Waals surface area contributed by atoms with Crippen molar-refractivity contribution in [3.63, 3.8) is 0 Å². The molecule has 3 heteroatoms. The van der Waals surface area contributed by atoms with E-state index in [-0.39, 0.29) is 5.97 Å². The summed E-state index contributed by atoms with van der Waals surface area (Å²) in [6.45, 7) is 4.22. The lowest BCUT2D eigenvalue weighted by atomic mass is 9.90. The minimum Gasteiger partial charge on any atom is -0.469 e. The Kier molecular flexibility index (Phi) is 6.57. The number of hydrogen-bond donors (Lipinski definition) is 1. The first-order chi connectivity index (χ1) is 9.04. The van der Waals surface area contributed by atoms with Crippen LogP contribution in [0.5, 0.6) is 0 Å². The summed E-state index contributed by atoms with van der Waals surface area (Å²) >= 11 is 0. The van der Waals surface area contributed by atoms with Crippen molar-refractivity contribution < 1.29 is 14.6 Å². The van der Waals surface area contributed by atoms with Crippen molar-refractivity contribution in [1.82, 2.24) is 0 Å². The first-order valence-corrected chi connectivity index (χ1v) is 6.84. The van der Waals surface area contributed by atoms with E-state index in [9.17, 15) is 9.90 Å². The Labute approximate surface area is 115 Å². The van der Waals surface area contributed by atoms with Gasteiger partial charge in [-0.25, -0.2) is 0 Å². The summed E-state index contributed by atoms with van der Waals surface area (Å²) in [4.78, 5) is 11.8. The van der Waals surface area contributed by atoms with Crippen LogP contribution in [0.15, 0.2) is 30.3 Å². The van der Waals surface area contributed by atoms with Gasteiger partial charge in [-0.1, -0.05) is 50.6 Å². The zero-order chi connectivity index (χ0) is 14.3. The van der Waals surface area contributed by atoms with Gasteiger partial charge in [-0.15, -0.1) is 0 Å². The minimum atomic E-state index is -0.686. The van der Waals surface area contributed by atoms with Crippen LogP contribution in [0.2, 0.25) is 0 Å². The molecule has 0 aliphatic rings. The van der Waals surface area contributed by atoms with Crippen LogP contribution >= 0.6 is 0 Å². The normalized spacial score (nSPS) is 14.2. The molecular formula is C16H24O3. The molecule has 1 rings (SSSR count). The van der Waals surface area contributed by atoms with Crippen LogP contribution in [-0.2, 0) is 16.0 Å². The molecule has 0 heterocycles. The van der Waals surface area contributed by atoms with E-state index in [4.69, 9.17) is 4.74 Å². The molecule has 1 N–H and O–H groups in total. The molecule has 0 bridgehead atoms. The average molecular weight is 264 g/mol. The third-order valence-electron chi connectivity index (χ3n) is 3.31. The monoisotopic (exact) mass is 264 g/mol. The van der Waals surface area contributed by atoms with Crippen molar-refractivity contribution in [2.24, 2.45) is 11.8 Å². The number of hydrogen-bond acceptors (Lipinski definition) is 3. The summed E-state index contributed by atoms with van der Waals surface area (Å²) in [5, 5.41) is 10.3. The van der Waals surface area contributed by atoms with Crippen LogP contribution in [0.25, 0.3) is 0 Å². The maximum Gasteiger partial charge on any atom is 0.311 e. The van der Waals surface area contributed by atoms with Gasteiger partial charge in [0.25, 0.3) is 0 Å². The van der Waals surface area contributed by atoms with Crippen LogP contribution in [0.1, 0.15) is 32.3 Å². The topological polar surface area (TPSA) is 46.5 Å². The summed E-state index contributed by atoms with van der Waals surface area (Å²) in [5.41, 5.74) is 1.04. The van der Waals surface area contributed by atoms with Crippen LogP contribution in [-0.4, -0.2) is 24.3 Å². The Morgan fingerprint density at radius 1 is 1.21 bits per heavy atom. The SMILES string of the molecule is COC(=O)[C@H](CCC(C)C)[C@H](O)Cc1ccccc1. The molecule has 0 saturated heterocycles. The summed E-state index contributed by atoms with van der Waals surface area (Å²) < 4.78 is 4.80. The second kappa shape index (κ2) is 7.95. The van der Waals surface area contributed by atoms with Crippen molar-refractivity contribution in [3.05, 3.63) is 35.9 Å². The molecule has 1 aromatic carbocycles. The van der Waals surface area contributed by atoms with Crippen molar-refractivity contribution >= 4 is 5.97 Å². The summed E-state index contributed by atoms with van der Waals surface area (Å²) in [6, 6.07) is 9.72. The fourth-order valence-corrected chi connectivity index (χ4v) is 2.13. The van der Waals surface area contributed by atoms with Gasteiger partial charge in [0.05, 0.1) is 19.1 Å². The third kappa shape index (κ3) is 5.43. The van der Waals surface area contributed by atoms with E-state index in [0.29, 0.717) is 18.8 Å². The first kappa shape index (κ1) is 15.7. The highest BCUT2D eigenvalue weighted by Gasteiger charge is 2.27. The lowest BCUT2D eigenvalue weighted by Gasteiger charge is -2.21. The fourth-order valence-electron chi connectivity index (χ4n) is 2.13. The lowest BCUT2D eigenvalue weighted by molar-refractivity contribution is -0.149. The molecule has 0 unspecified atom stereocenters. The highest BCUT2D eigenvalue weighted by molar-refractivity contribution is 5.73. The predicted molar refractivity (Wildman–Crippen MR) is 75.7 cm³/mol. The van der Waals surface area contributed by atoms with Crippen molar-refractivity contribution in [2.45, 2.75) is 39.2 Å².